The van der Waals surface area contributed by atoms with E-state index in [1.807, 2.05) is 6.07 Å². The number of hydrogen-bond acceptors (Lipinski definition) is 5. The summed E-state index contributed by atoms with van der Waals surface area (Å²) in [4.78, 5) is 7.51. The molecule has 0 aliphatic heterocycles. The van der Waals surface area contributed by atoms with E-state index in [1.165, 1.54) is 31.7 Å². The van der Waals surface area contributed by atoms with Gasteiger partial charge in [-0.15, -0.1) is 0 Å². The smallest absolute Gasteiger partial charge is 0.374 e. The fourth-order valence-corrected chi connectivity index (χ4v) is 2.14. The molecule has 0 radical (unpaired) electrons. The molecule has 2 heterocycles. The first-order valence-electron chi connectivity index (χ1n) is 6.65. The molecular weight excluding hydrogens is 311 g/mol. The normalized spacial score (nSPS) is 14.1. The van der Waals surface area contributed by atoms with Crippen LogP contribution in [-0.4, -0.2) is 32.4 Å². The first-order valence-corrected chi connectivity index (χ1v) is 6.65. The quantitative estimate of drug-likeness (QED) is 0.877. The molecule has 0 fully saturated rings. The maximum absolute atomic E-state index is 13.3. The molecule has 0 saturated heterocycles. The van der Waals surface area contributed by atoms with E-state index >= 15 is 0 Å². The van der Waals surface area contributed by atoms with Gasteiger partial charge in [-0.3, -0.25) is 0 Å². The maximum Gasteiger partial charge on any atom is 0.424 e. The van der Waals surface area contributed by atoms with Crippen molar-refractivity contribution in [2.24, 2.45) is 7.05 Å². The number of aromatic nitrogens is 3. The number of imidazole rings is 1. The molecule has 0 amide bonds. The van der Waals surface area contributed by atoms with Crippen molar-refractivity contribution in [1.82, 2.24) is 14.5 Å². The van der Waals surface area contributed by atoms with Gasteiger partial charge in [0.15, 0.2) is 0 Å². The summed E-state index contributed by atoms with van der Waals surface area (Å²) >= 11 is 0. The Balaban J connectivity index is 2.18. The molecule has 6 nitrogen and oxygen atoms in total. The number of alkyl halides is 3. The van der Waals surface area contributed by atoms with Gasteiger partial charge < -0.3 is 15.0 Å². The van der Waals surface area contributed by atoms with Gasteiger partial charge in [-0.25, -0.2) is 9.97 Å². The van der Waals surface area contributed by atoms with Crippen LogP contribution in [0.3, 0.4) is 0 Å². The summed E-state index contributed by atoms with van der Waals surface area (Å²) < 4.78 is 41.1. The minimum Gasteiger partial charge on any atom is -0.374 e. The molecule has 0 aliphatic carbocycles. The zero-order valence-corrected chi connectivity index (χ0v) is 12.2. The average molecular weight is 325 g/mol. The molecular formula is C14H14F3N5O. The highest BCUT2D eigenvalue weighted by Gasteiger charge is 2.57. The van der Waals surface area contributed by atoms with E-state index in [9.17, 15) is 18.3 Å². The second-order valence-corrected chi connectivity index (χ2v) is 4.91. The van der Waals surface area contributed by atoms with Crippen LogP contribution in [0.15, 0.2) is 30.7 Å². The number of hydrogen-bond donors (Lipinski definition) is 2. The van der Waals surface area contributed by atoms with E-state index < -0.39 is 24.0 Å². The molecule has 1 atom stereocenters. The number of rotatable bonds is 5. The second kappa shape index (κ2) is 6.26. The molecule has 1 unspecified atom stereocenters. The van der Waals surface area contributed by atoms with Crippen LogP contribution in [0.2, 0.25) is 0 Å². The Kier molecular flexibility index (Phi) is 4.56. The van der Waals surface area contributed by atoms with Crippen LogP contribution in [0, 0.1) is 11.3 Å². The first-order chi connectivity index (χ1) is 10.8. The number of anilines is 1. The molecule has 23 heavy (non-hydrogen) atoms. The summed E-state index contributed by atoms with van der Waals surface area (Å²) in [6.07, 6.45) is -1.64. The highest BCUT2D eigenvalue weighted by Crippen LogP contribution is 2.40. The molecule has 2 aromatic rings. The van der Waals surface area contributed by atoms with Crippen LogP contribution >= 0.6 is 0 Å². The lowest BCUT2D eigenvalue weighted by Crippen LogP contribution is -2.45. The van der Waals surface area contributed by atoms with E-state index in [2.05, 4.69) is 15.3 Å². The third kappa shape index (κ3) is 3.27. The standard InChI is InChI=1S/C14H14F3N5O/c1-22-8-7-21-12(22)13(23,14(15,16)17)4-6-20-11-10(9-18)3-2-5-19-11/h2-3,5,7-8,23H,4,6H2,1H3,(H,19,20). The topological polar surface area (TPSA) is 86.8 Å². The van der Waals surface area contributed by atoms with Crippen molar-refractivity contribution in [3.63, 3.8) is 0 Å². The molecule has 9 heteroatoms. The number of nitriles is 1. The molecule has 2 N–H and O–H groups in total. The van der Waals surface area contributed by atoms with Crippen LogP contribution in [-0.2, 0) is 12.6 Å². The van der Waals surface area contributed by atoms with Gasteiger partial charge in [-0.1, -0.05) is 0 Å². The number of aliphatic hydroxyl groups is 1. The Hall–Kier alpha value is -2.60. The monoisotopic (exact) mass is 325 g/mol. The first kappa shape index (κ1) is 16.8. The predicted molar refractivity (Wildman–Crippen MR) is 75.2 cm³/mol. The maximum atomic E-state index is 13.3. The largest absolute Gasteiger partial charge is 0.424 e. The molecule has 122 valence electrons. The van der Waals surface area contributed by atoms with Crippen molar-refractivity contribution in [2.75, 3.05) is 11.9 Å². The predicted octanol–water partition coefficient (Wildman–Crippen LogP) is 1.94. The molecule has 0 aromatic carbocycles. The Labute approximate surface area is 130 Å². The van der Waals surface area contributed by atoms with E-state index in [1.54, 1.807) is 6.07 Å². The Morgan fingerprint density at radius 2 is 2.09 bits per heavy atom. The average Bonchev–Trinajstić information content (AvgIpc) is 2.93. The van der Waals surface area contributed by atoms with Crippen molar-refractivity contribution in [1.29, 1.82) is 5.26 Å². The molecule has 0 spiro atoms. The summed E-state index contributed by atoms with van der Waals surface area (Å²) in [5.74, 6) is -0.326. The van der Waals surface area contributed by atoms with Crippen LogP contribution in [0.5, 0.6) is 0 Å². The van der Waals surface area contributed by atoms with Gasteiger partial charge in [0.1, 0.15) is 17.7 Å². The third-order valence-electron chi connectivity index (χ3n) is 3.37. The minimum atomic E-state index is -4.89. The molecule has 0 aliphatic rings. The van der Waals surface area contributed by atoms with Gasteiger partial charge >= 0.3 is 6.18 Å². The number of nitrogens with zero attached hydrogens (tertiary/aromatic N) is 4. The van der Waals surface area contributed by atoms with E-state index in [-0.39, 0.29) is 17.9 Å². The highest BCUT2D eigenvalue weighted by molar-refractivity contribution is 5.51. The van der Waals surface area contributed by atoms with Crippen molar-refractivity contribution in [3.8, 4) is 6.07 Å². The van der Waals surface area contributed by atoms with Crippen LogP contribution in [0.1, 0.15) is 17.8 Å². The van der Waals surface area contributed by atoms with E-state index in [0.29, 0.717) is 0 Å². The summed E-state index contributed by atoms with van der Waals surface area (Å²) in [5, 5.41) is 21.7. The van der Waals surface area contributed by atoms with E-state index in [4.69, 9.17) is 5.26 Å². The Morgan fingerprint density at radius 1 is 1.35 bits per heavy atom. The SMILES string of the molecule is Cn1ccnc1C(O)(CCNc1ncccc1C#N)C(F)(F)F. The molecule has 0 saturated carbocycles. The van der Waals surface area contributed by atoms with Crippen LogP contribution < -0.4 is 5.32 Å². The third-order valence-corrected chi connectivity index (χ3v) is 3.37. The zero-order chi connectivity index (χ0) is 17.1. The number of aryl methyl sites for hydroxylation is 1. The van der Waals surface area contributed by atoms with Gasteiger partial charge in [-0.05, 0) is 12.1 Å². The summed E-state index contributed by atoms with van der Waals surface area (Å²) in [5.41, 5.74) is -2.89. The fourth-order valence-electron chi connectivity index (χ4n) is 2.14. The summed E-state index contributed by atoms with van der Waals surface area (Å²) in [7, 11) is 1.37. The van der Waals surface area contributed by atoms with Crippen LogP contribution in [0.4, 0.5) is 19.0 Å². The Morgan fingerprint density at radius 3 is 2.65 bits per heavy atom. The molecule has 0 bridgehead atoms. The Bertz CT molecular complexity index is 722. The number of halogens is 3. The minimum absolute atomic E-state index is 0.166. The second-order valence-electron chi connectivity index (χ2n) is 4.91. The zero-order valence-electron chi connectivity index (χ0n) is 12.2. The van der Waals surface area contributed by atoms with Crippen molar-refractivity contribution in [2.45, 2.75) is 18.2 Å². The fraction of sp³-hybridized carbons (Fsp3) is 0.357. The van der Waals surface area contributed by atoms with Crippen molar-refractivity contribution in [3.05, 3.63) is 42.1 Å². The van der Waals surface area contributed by atoms with Crippen molar-refractivity contribution < 1.29 is 18.3 Å². The van der Waals surface area contributed by atoms with Crippen molar-refractivity contribution >= 4 is 5.82 Å². The van der Waals surface area contributed by atoms with Crippen LogP contribution in [0.25, 0.3) is 0 Å². The highest BCUT2D eigenvalue weighted by atomic mass is 19.4. The lowest BCUT2D eigenvalue weighted by molar-refractivity contribution is -0.271. The molecule has 2 aromatic heterocycles. The lowest BCUT2D eigenvalue weighted by Gasteiger charge is -2.30. The van der Waals surface area contributed by atoms with E-state index in [0.717, 1.165) is 4.57 Å². The van der Waals surface area contributed by atoms with Gasteiger partial charge in [0.05, 0.1) is 5.56 Å². The molecule has 2 rings (SSSR count). The number of pyridine rings is 1. The summed E-state index contributed by atoms with van der Waals surface area (Å²) in [6, 6.07) is 4.92. The summed E-state index contributed by atoms with van der Waals surface area (Å²) in [6.45, 7) is -0.242. The van der Waals surface area contributed by atoms with Gasteiger partial charge in [0, 0.05) is 38.6 Å². The van der Waals surface area contributed by atoms with Gasteiger partial charge in [-0.2, -0.15) is 18.4 Å². The lowest BCUT2D eigenvalue weighted by atomic mass is 9.97. The van der Waals surface area contributed by atoms with Gasteiger partial charge in [0.2, 0.25) is 5.60 Å². The number of nitrogens with one attached hydrogen (secondary N) is 1. The van der Waals surface area contributed by atoms with Gasteiger partial charge in [0.25, 0.3) is 0 Å².